The fourth-order valence-corrected chi connectivity index (χ4v) is 1.87. The molecule has 1 saturated carbocycles. The molecule has 1 rings (SSSR count). The molecule has 0 radical (unpaired) electrons. The number of aliphatic carboxylic acids is 1. The molecule has 2 atom stereocenters. The third-order valence-corrected chi connectivity index (χ3v) is 2.78. The minimum Gasteiger partial charge on any atom is -0.481 e. The lowest BCUT2D eigenvalue weighted by atomic mass is 9.98. The lowest BCUT2D eigenvalue weighted by Gasteiger charge is -2.25. The Hall–Kier alpha value is -1.06. The molecule has 4 heteroatoms. The van der Waals surface area contributed by atoms with Crippen LogP contribution in [0.1, 0.15) is 40.0 Å². The minimum absolute atomic E-state index is 0.110. The number of carboxylic acid groups (broad SMARTS) is 1. The summed E-state index contributed by atoms with van der Waals surface area (Å²) in [6, 6.07) is 0. The number of hydrogen-bond donors (Lipinski definition) is 2. The molecule has 0 aromatic heterocycles. The van der Waals surface area contributed by atoms with Crippen LogP contribution in [-0.4, -0.2) is 22.5 Å². The molecule has 0 heterocycles. The Morgan fingerprint density at radius 1 is 1.40 bits per heavy atom. The van der Waals surface area contributed by atoms with Crippen LogP contribution in [0, 0.1) is 11.8 Å². The van der Waals surface area contributed by atoms with Gasteiger partial charge in [-0.2, -0.15) is 0 Å². The maximum atomic E-state index is 11.6. The van der Waals surface area contributed by atoms with Crippen molar-refractivity contribution in [2.45, 2.75) is 45.6 Å². The Morgan fingerprint density at radius 2 is 2.00 bits per heavy atom. The van der Waals surface area contributed by atoms with Crippen LogP contribution in [0.4, 0.5) is 0 Å². The van der Waals surface area contributed by atoms with Crippen LogP contribution in [0.2, 0.25) is 0 Å². The van der Waals surface area contributed by atoms with Gasteiger partial charge in [-0.05, 0) is 26.7 Å². The number of hydrogen-bond acceptors (Lipinski definition) is 2. The average Bonchev–Trinajstić information content (AvgIpc) is 2.80. The van der Waals surface area contributed by atoms with Crippen LogP contribution in [0.5, 0.6) is 0 Å². The summed E-state index contributed by atoms with van der Waals surface area (Å²) >= 11 is 0. The van der Waals surface area contributed by atoms with Crippen molar-refractivity contribution in [2.75, 3.05) is 0 Å². The third kappa shape index (κ3) is 3.22. The second-order valence-electron chi connectivity index (χ2n) is 4.91. The van der Waals surface area contributed by atoms with Crippen LogP contribution >= 0.6 is 0 Å². The van der Waals surface area contributed by atoms with Crippen molar-refractivity contribution in [2.24, 2.45) is 11.8 Å². The zero-order valence-electron chi connectivity index (χ0n) is 9.54. The van der Waals surface area contributed by atoms with Gasteiger partial charge in [0, 0.05) is 5.54 Å². The molecule has 0 aromatic rings. The molecule has 1 aliphatic carbocycles. The van der Waals surface area contributed by atoms with Crippen molar-refractivity contribution in [3.63, 3.8) is 0 Å². The fourth-order valence-electron chi connectivity index (χ4n) is 1.87. The smallest absolute Gasteiger partial charge is 0.307 e. The summed E-state index contributed by atoms with van der Waals surface area (Å²) in [5.74, 6) is -1.73. The van der Waals surface area contributed by atoms with Gasteiger partial charge >= 0.3 is 5.97 Å². The number of carboxylic acids is 1. The summed E-state index contributed by atoms with van der Waals surface area (Å²) in [6.07, 6.45) is 2.40. The Bertz CT molecular complexity index is 273. The van der Waals surface area contributed by atoms with E-state index in [1.165, 1.54) is 0 Å². The average molecular weight is 213 g/mol. The van der Waals surface area contributed by atoms with Crippen LogP contribution < -0.4 is 5.32 Å². The van der Waals surface area contributed by atoms with E-state index < -0.39 is 11.9 Å². The molecule has 0 bridgehead atoms. The van der Waals surface area contributed by atoms with Crippen LogP contribution in [0.3, 0.4) is 0 Å². The first kappa shape index (κ1) is 12.0. The largest absolute Gasteiger partial charge is 0.481 e. The summed E-state index contributed by atoms with van der Waals surface area (Å²) in [7, 11) is 0. The lowest BCUT2D eigenvalue weighted by Crippen LogP contribution is -2.44. The van der Waals surface area contributed by atoms with Gasteiger partial charge in [-0.1, -0.05) is 13.3 Å². The second-order valence-corrected chi connectivity index (χ2v) is 4.91. The molecule has 0 aliphatic heterocycles. The van der Waals surface area contributed by atoms with Gasteiger partial charge in [0.25, 0.3) is 0 Å². The Kier molecular flexibility index (Phi) is 3.37. The Labute approximate surface area is 90.0 Å². The second kappa shape index (κ2) is 4.21. The van der Waals surface area contributed by atoms with Crippen molar-refractivity contribution in [1.82, 2.24) is 5.32 Å². The van der Waals surface area contributed by atoms with Gasteiger partial charge in [0.1, 0.15) is 0 Å². The number of carbonyl (C=O) groups excluding carboxylic acids is 1. The van der Waals surface area contributed by atoms with E-state index in [4.69, 9.17) is 5.11 Å². The maximum Gasteiger partial charge on any atom is 0.307 e. The molecule has 15 heavy (non-hydrogen) atoms. The SMILES string of the molecule is CCCC(C)(C)NC(=O)[C@@H]1C[C@@H]1C(=O)O. The highest BCUT2D eigenvalue weighted by Gasteiger charge is 2.49. The van der Waals surface area contributed by atoms with E-state index in [1.54, 1.807) is 0 Å². The molecule has 1 aliphatic rings. The molecule has 0 unspecified atom stereocenters. The van der Waals surface area contributed by atoms with Gasteiger partial charge in [-0.15, -0.1) is 0 Å². The summed E-state index contributed by atoms with van der Waals surface area (Å²) < 4.78 is 0. The summed E-state index contributed by atoms with van der Waals surface area (Å²) in [5.41, 5.74) is -0.225. The van der Waals surface area contributed by atoms with E-state index >= 15 is 0 Å². The van der Waals surface area contributed by atoms with Crippen molar-refractivity contribution in [1.29, 1.82) is 0 Å². The van der Waals surface area contributed by atoms with Gasteiger partial charge in [-0.25, -0.2) is 0 Å². The number of carbonyl (C=O) groups is 2. The highest BCUT2D eigenvalue weighted by atomic mass is 16.4. The monoisotopic (exact) mass is 213 g/mol. The van der Waals surface area contributed by atoms with E-state index in [9.17, 15) is 9.59 Å². The van der Waals surface area contributed by atoms with E-state index in [2.05, 4.69) is 12.2 Å². The molecule has 0 spiro atoms. The van der Waals surface area contributed by atoms with Gasteiger partial charge in [0.2, 0.25) is 5.91 Å². The molecular weight excluding hydrogens is 194 g/mol. The van der Waals surface area contributed by atoms with Crippen molar-refractivity contribution < 1.29 is 14.7 Å². The molecule has 1 amide bonds. The van der Waals surface area contributed by atoms with E-state index in [-0.39, 0.29) is 17.4 Å². The summed E-state index contributed by atoms with van der Waals surface area (Å²) in [5, 5.41) is 11.6. The van der Waals surface area contributed by atoms with Gasteiger partial charge < -0.3 is 10.4 Å². The number of nitrogens with one attached hydrogen (secondary N) is 1. The van der Waals surface area contributed by atoms with Crippen molar-refractivity contribution >= 4 is 11.9 Å². The third-order valence-electron chi connectivity index (χ3n) is 2.78. The molecule has 0 saturated heterocycles. The minimum atomic E-state index is -0.858. The Morgan fingerprint density at radius 3 is 2.40 bits per heavy atom. The van der Waals surface area contributed by atoms with Gasteiger partial charge in [-0.3, -0.25) is 9.59 Å². The molecule has 4 nitrogen and oxygen atoms in total. The van der Waals surface area contributed by atoms with E-state index in [0.717, 1.165) is 12.8 Å². The molecule has 2 N–H and O–H groups in total. The first-order valence-electron chi connectivity index (χ1n) is 5.42. The number of rotatable bonds is 5. The van der Waals surface area contributed by atoms with Crippen molar-refractivity contribution in [3.8, 4) is 0 Å². The highest BCUT2D eigenvalue weighted by Crippen LogP contribution is 2.39. The molecule has 86 valence electrons. The fraction of sp³-hybridized carbons (Fsp3) is 0.818. The number of amides is 1. The van der Waals surface area contributed by atoms with E-state index in [1.807, 2.05) is 13.8 Å². The molecule has 1 fully saturated rings. The quantitative estimate of drug-likeness (QED) is 0.725. The summed E-state index contributed by atoms with van der Waals surface area (Å²) in [4.78, 5) is 22.2. The van der Waals surface area contributed by atoms with Crippen molar-refractivity contribution in [3.05, 3.63) is 0 Å². The van der Waals surface area contributed by atoms with Crippen LogP contribution in [-0.2, 0) is 9.59 Å². The van der Waals surface area contributed by atoms with E-state index in [0.29, 0.717) is 6.42 Å². The first-order valence-corrected chi connectivity index (χ1v) is 5.42. The predicted molar refractivity (Wildman–Crippen MR) is 56.4 cm³/mol. The lowest BCUT2D eigenvalue weighted by molar-refractivity contribution is -0.140. The molecular formula is C11H19NO3. The highest BCUT2D eigenvalue weighted by molar-refractivity contribution is 5.89. The molecule has 0 aromatic carbocycles. The zero-order chi connectivity index (χ0) is 11.6. The Balaban J connectivity index is 2.41. The standard InChI is InChI=1S/C11H19NO3/c1-4-5-11(2,3)12-9(13)7-6-8(7)10(14)15/h7-8H,4-6H2,1-3H3,(H,12,13)(H,14,15)/t7-,8+/m1/s1. The van der Waals surface area contributed by atoms with Crippen LogP contribution in [0.15, 0.2) is 0 Å². The topological polar surface area (TPSA) is 66.4 Å². The first-order chi connectivity index (χ1) is 6.87. The predicted octanol–water partition coefficient (Wildman–Crippen LogP) is 1.40. The summed E-state index contributed by atoms with van der Waals surface area (Å²) in [6.45, 7) is 5.99. The maximum absolute atomic E-state index is 11.6. The van der Waals surface area contributed by atoms with Crippen LogP contribution in [0.25, 0.3) is 0 Å². The van der Waals surface area contributed by atoms with Gasteiger partial charge in [0.05, 0.1) is 11.8 Å². The zero-order valence-corrected chi connectivity index (χ0v) is 9.54. The van der Waals surface area contributed by atoms with Gasteiger partial charge in [0.15, 0.2) is 0 Å². The normalized spacial score (nSPS) is 24.7.